The first-order chi connectivity index (χ1) is 3.77. The van der Waals surface area contributed by atoms with Gasteiger partial charge in [0.1, 0.15) is 0 Å². The van der Waals surface area contributed by atoms with Gasteiger partial charge >= 0.3 is 0 Å². The summed E-state index contributed by atoms with van der Waals surface area (Å²) in [6.07, 6.45) is 0.215. The molecule has 0 amide bonds. The molecule has 3 N–H and O–H groups in total. The quantitative estimate of drug-likeness (QED) is 0.441. The molecule has 52 valence electrons. The summed E-state index contributed by atoms with van der Waals surface area (Å²) < 4.78 is 0. The van der Waals surface area contributed by atoms with Crippen molar-refractivity contribution in [3.8, 4) is 0 Å². The SMILES string of the molecule is CCCC(O)O.CO. The maximum absolute atomic E-state index is 8.11. The summed E-state index contributed by atoms with van der Waals surface area (Å²) in [6.45, 7) is 1.90. The van der Waals surface area contributed by atoms with Gasteiger partial charge in [-0.2, -0.15) is 0 Å². The van der Waals surface area contributed by atoms with Crippen LogP contribution in [0.1, 0.15) is 19.8 Å². The fraction of sp³-hybridized carbons (Fsp3) is 1.00. The Bertz CT molecular complexity index is 28.9. The maximum atomic E-state index is 8.11. The van der Waals surface area contributed by atoms with Crippen LogP contribution in [0.5, 0.6) is 0 Å². The van der Waals surface area contributed by atoms with Crippen molar-refractivity contribution >= 4 is 0 Å². The van der Waals surface area contributed by atoms with E-state index in [9.17, 15) is 0 Å². The van der Waals surface area contributed by atoms with Crippen molar-refractivity contribution in [3.05, 3.63) is 0 Å². The number of aliphatic hydroxyl groups excluding tert-OH is 2. The lowest BCUT2D eigenvalue weighted by Crippen LogP contribution is -2.01. The van der Waals surface area contributed by atoms with Gasteiger partial charge in [0.15, 0.2) is 6.29 Å². The first-order valence-electron chi connectivity index (χ1n) is 2.58. The van der Waals surface area contributed by atoms with E-state index in [1.807, 2.05) is 6.92 Å². The average molecular weight is 122 g/mol. The molecule has 3 nitrogen and oxygen atoms in total. The lowest BCUT2D eigenvalue weighted by Gasteiger charge is -1.94. The first kappa shape index (κ1) is 10.8. The average Bonchev–Trinajstić information content (AvgIpc) is 1.72. The molecule has 0 aromatic carbocycles. The third-order valence-electron chi connectivity index (χ3n) is 0.547. The molecule has 3 heteroatoms. The van der Waals surface area contributed by atoms with Crippen molar-refractivity contribution in [2.24, 2.45) is 0 Å². The van der Waals surface area contributed by atoms with E-state index in [1.165, 1.54) is 0 Å². The summed E-state index contributed by atoms with van der Waals surface area (Å²) in [6, 6.07) is 0. The van der Waals surface area contributed by atoms with E-state index in [4.69, 9.17) is 15.3 Å². The molecule has 0 fully saturated rings. The van der Waals surface area contributed by atoms with Gasteiger partial charge in [-0.05, 0) is 6.42 Å². The molecule has 0 atom stereocenters. The van der Waals surface area contributed by atoms with E-state index >= 15 is 0 Å². The smallest absolute Gasteiger partial charge is 0.151 e. The van der Waals surface area contributed by atoms with Crippen molar-refractivity contribution in [1.29, 1.82) is 0 Å². The lowest BCUT2D eigenvalue weighted by atomic mass is 10.3. The Hall–Kier alpha value is -0.120. The van der Waals surface area contributed by atoms with Crippen molar-refractivity contribution < 1.29 is 15.3 Å². The molecule has 0 aliphatic carbocycles. The Kier molecular flexibility index (Phi) is 13.5. The van der Waals surface area contributed by atoms with Crippen molar-refractivity contribution in [2.75, 3.05) is 7.11 Å². The number of aliphatic hydroxyl groups is 3. The Morgan fingerprint density at radius 1 is 1.25 bits per heavy atom. The summed E-state index contributed by atoms with van der Waals surface area (Å²) >= 11 is 0. The number of rotatable bonds is 2. The van der Waals surface area contributed by atoms with Crippen LogP contribution in [-0.4, -0.2) is 28.7 Å². The van der Waals surface area contributed by atoms with Gasteiger partial charge in [0.25, 0.3) is 0 Å². The molecular formula is C5H14O3. The third kappa shape index (κ3) is 16.9. The Morgan fingerprint density at radius 3 is 1.62 bits per heavy atom. The van der Waals surface area contributed by atoms with Crippen LogP contribution in [0, 0.1) is 0 Å². The maximum Gasteiger partial charge on any atom is 0.151 e. The molecule has 0 heterocycles. The van der Waals surface area contributed by atoms with Crippen LogP contribution in [-0.2, 0) is 0 Å². The molecule has 0 rings (SSSR count). The van der Waals surface area contributed by atoms with E-state index in [0.717, 1.165) is 13.5 Å². The Labute approximate surface area is 49.6 Å². The minimum Gasteiger partial charge on any atom is -0.400 e. The normalized spacial score (nSPS) is 8.25. The van der Waals surface area contributed by atoms with Gasteiger partial charge in [-0.15, -0.1) is 0 Å². The highest BCUT2D eigenvalue weighted by Gasteiger charge is 1.89. The number of hydrogen-bond donors (Lipinski definition) is 3. The topological polar surface area (TPSA) is 60.7 Å². The Morgan fingerprint density at radius 2 is 1.62 bits per heavy atom. The minimum atomic E-state index is -1.10. The van der Waals surface area contributed by atoms with Crippen LogP contribution in [0.4, 0.5) is 0 Å². The second-order valence-electron chi connectivity index (χ2n) is 1.27. The fourth-order valence-corrected chi connectivity index (χ4v) is 0.258. The first-order valence-corrected chi connectivity index (χ1v) is 2.58. The van der Waals surface area contributed by atoms with Gasteiger partial charge in [-0.1, -0.05) is 13.3 Å². The highest BCUT2D eigenvalue weighted by atomic mass is 16.5. The summed E-state index contributed by atoms with van der Waals surface area (Å²) in [5, 5.41) is 23.2. The lowest BCUT2D eigenvalue weighted by molar-refractivity contribution is -0.0453. The van der Waals surface area contributed by atoms with E-state index < -0.39 is 6.29 Å². The van der Waals surface area contributed by atoms with Crippen LogP contribution in [0.25, 0.3) is 0 Å². The molecule has 0 saturated carbocycles. The van der Waals surface area contributed by atoms with Crippen LogP contribution in [0.15, 0.2) is 0 Å². The van der Waals surface area contributed by atoms with Gasteiger partial charge < -0.3 is 15.3 Å². The van der Waals surface area contributed by atoms with Gasteiger partial charge in [0.2, 0.25) is 0 Å². The minimum absolute atomic E-state index is 0.486. The van der Waals surface area contributed by atoms with E-state index in [-0.39, 0.29) is 0 Å². The number of hydrogen-bond acceptors (Lipinski definition) is 3. The second-order valence-corrected chi connectivity index (χ2v) is 1.27. The zero-order valence-electron chi connectivity index (χ0n) is 5.33. The molecular weight excluding hydrogens is 108 g/mol. The van der Waals surface area contributed by atoms with Gasteiger partial charge in [-0.25, -0.2) is 0 Å². The monoisotopic (exact) mass is 122 g/mol. The zero-order valence-corrected chi connectivity index (χ0v) is 5.33. The molecule has 8 heavy (non-hydrogen) atoms. The summed E-state index contributed by atoms with van der Waals surface area (Å²) in [5.41, 5.74) is 0. The molecule has 0 aromatic heterocycles. The molecule has 0 bridgehead atoms. The molecule has 0 aromatic rings. The van der Waals surface area contributed by atoms with Gasteiger partial charge in [0, 0.05) is 7.11 Å². The van der Waals surface area contributed by atoms with Crippen molar-refractivity contribution in [1.82, 2.24) is 0 Å². The molecule has 0 saturated heterocycles. The standard InChI is InChI=1S/C4H10O2.CH4O/c1-2-3-4(5)6;1-2/h4-6H,2-3H2,1H3;2H,1H3. The highest BCUT2D eigenvalue weighted by molar-refractivity contribution is 4.31. The fourth-order valence-electron chi connectivity index (χ4n) is 0.258. The van der Waals surface area contributed by atoms with E-state index in [2.05, 4.69) is 0 Å². The van der Waals surface area contributed by atoms with Crippen molar-refractivity contribution in [2.45, 2.75) is 26.1 Å². The van der Waals surface area contributed by atoms with Gasteiger partial charge in [0.05, 0.1) is 0 Å². The molecule has 0 aliphatic heterocycles. The van der Waals surface area contributed by atoms with Crippen LogP contribution < -0.4 is 0 Å². The highest BCUT2D eigenvalue weighted by Crippen LogP contribution is 1.88. The molecule has 0 aliphatic rings. The molecule has 0 unspecified atom stereocenters. The summed E-state index contributed by atoms with van der Waals surface area (Å²) in [7, 11) is 1.00. The zero-order chi connectivity index (χ0) is 6.99. The predicted molar refractivity (Wildman–Crippen MR) is 31.3 cm³/mol. The molecule has 0 radical (unpaired) electrons. The predicted octanol–water partition coefficient (Wildman–Crippen LogP) is -0.294. The second kappa shape index (κ2) is 9.99. The Balaban J connectivity index is 0. The third-order valence-corrected chi connectivity index (χ3v) is 0.547. The van der Waals surface area contributed by atoms with Crippen molar-refractivity contribution in [3.63, 3.8) is 0 Å². The molecule has 0 spiro atoms. The van der Waals surface area contributed by atoms with Crippen LogP contribution >= 0.6 is 0 Å². The van der Waals surface area contributed by atoms with Gasteiger partial charge in [-0.3, -0.25) is 0 Å². The van der Waals surface area contributed by atoms with E-state index in [1.54, 1.807) is 0 Å². The summed E-state index contributed by atoms with van der Waals surface area (Å²) in [5.74, 6) is 0. The van der Waals surface area contributed by atoms with E-state index in [0.29, 0.717) is 6.42 Å². The van der Waals surface area contributed by atoms with Crippen LogP contribution in [0.2, 0.25) is 0 Å². The van der Waals surface area contributed by atoms with Crippen LogP contribution in [0.3, 0.4) is 0 Å². The summed E-state index contributed by atoms with van der Waals surface area (Å²) in [4.78, 5) is 0. The largest absolute Gasteiger partial charge is 0.400 e.